The van der Waals surface area contributed by atoms with Crippen molar-refractivity contribution in [2.24, 2.45) is 5.73 Å². The standard InChI is InChI=1S/C14H23NO2S/c1-4-5-8-18-10-12(15)11-6-7-13(16-2)14(9-11)17-3/h6-7,9,12H,4-5,8,10,15H2,1-3H3. The molecule has 0 radical (unpaired) electrons. The molecule has 1 unspecified atom stereocenters. The summed E-state index contributed by atoms with van der Waals surface area (Å²) in [6, 6.07) is 5.92. The lowest BCUT2D eigenvalue weighted by Crippen LogP contribution is -2.13. The fourth-order valence-electron chi connectivity index (χ4n) is 1.64. The van der Waals surface area contributed by atoms with Crippen molar-refractivity contribution in [1.29, 1.82) is 0 Å². The minimum absolute atomic E-state index is 0.0478. The van der Waals surface area contributed by atoms with Crippen LogP contribution in [0.5, 0.6) is 11.5 Å². The SMILES string of the molecule is CCCCSCC(N)c1ccc(OC)c(OC)c1. The van der Waals surface area contributed by atoms with E-state index < -0.39 is 0 Å². The molecule has 0 aliphatic heterocycles. The average Bonchev–Trinajstić information content (AvgIpc) is 2.42. The van der Waals surface area contributed by atoms with Gasteiger partial charge in [0.05, 0.1) is 14.2 Å². The van der Waals surface area contributed by atoms with E-state index in [4.69, 9.17) is 15.2 Å². The van der Waals surface area contributed by atoms with E-state index in [2.05, 4.69) is 6.92 Å². The van der Waals surface area contributed by atoms with Gasteiger partial charge in [0, 0.05) is 11.8 Å². The Hall–Kier alpha value is -0.870. The predicted octanol–water partition coefficient (Wildman–Crippen LogP) is 3.24. The lowest BCUT2D eigenvalue weighted by Gasteiger charge is -2.14. The first-order chi connectivity index (χ1) is 8.72. The summed E-state index contributed by atoms with van der Waals surface area (Å²) in [6.45, 7) is 2.20. The first-order valence-corrected chi connectivity index (χ1v) is 7.43. The zero-order chi connectivity index (χ0) is 13.4. The fraction of sp³-hybridized carbons (Fsp3) is 0.571. The Labute approximate surface area is 114 Å². The largest absolute Gasteiger partial charge is 0.493 e. The molecule has 0 aromatic heterocycles. The lowest BCUT2D eigenvalue weighted by atomic mass is 10.1. The number of ether oxygens (including phenoxy) is 2. The van der Waals surface area contributed by atoms with E-state index in [0.29, 0.717) is 0 Å². The molecule has 0 fully saturated rings. The van der Waals surface area contributed by atoms with E-state index in [1.807, 2.05) is 30.0 Å². The van der Waals surface area contributed by atoms with Gasteiger partial charge in [0.25, 0.3) is 0 Å². The van der Waals surface area contributed by atoms with E-state index in [1.165, 1.54) is 18.6 Å². The Kier molecular flexibility index (Phi) is 6.98. The Morgan fingerprint density at radius 2 is 1.94 bits per heavy atom. The van der Waals surface area contributed by atoms with Gasteiger partial charge in [-0.1, -0.05) is 19.4 Å². The predicted molar refractivity (Wildman–Crippen MR) is 78.7 cm³/mol. The summed E-state index contributed by atoms with van der Waals surface area (Å²) in [7, 11) is 3.28. The van der Waals surface area contributed by atoms with Crippen molar-refractivity contribution in [3.05, 3.63) is 23.8 Å². The summed E-state index contributed by atoms with van der Waals surface area (Å²) in [5.74, 6) is 3.60. The third kappa shape index (κ3) is 4.42. The summed E-state index contributed by atoms with van der Waals surface area (Å²) >= 11 is 1.91. The van der Waals surface area contributed by atoms with Crippen molar-refractivity contribution < 1.29 is 9.47 Å². The molecule has 18 heavy (non-hydrogen) atoms. The van der Waals surface area contributed by atoms with Gasteiger partial charge in [0.1, 0.15) is 0 Å². The third-order valence-electron chi connectivity index (χ3n) is 2.78. The minimum Gasteiger partial charge on any atom is -0.493 e. The van der Waals surface area contributed by atoms with Crippen LogP contribution < -0.4 is 15.2 Å². The van der Waals surface area contributed by atoms with Gasteiger partial charge in [0.2, 0.25) is 0 Å². The molecule has 1 rings (SSSR count). The molecule has 0 bridgehead atoms. The van der Waals surface area contributed by atoms with E-state index in [9.17, 15) is 0 Å². The highest BCUT2D eigenvalue weighted by atomic mass is 32.2. The molecule has 0 aliphatic carbocycles. The first-order valence-electron chi connectivity index (χ1n) is 6.28. The monoisotopic (exact) mass is 269 g/mol. The molecule has 0 saturated carbocycles. The van der Waals surface area contributed by atoms with Crippen LogP contribution >= 0.6 is 11.8 Å². The summed E-state index contributed by atoms with van der Waals surface area (Å²) in [4.78, 5) is 0. The van der Waals surface area contributed by atoms with E-state index >= 15 is 0 Å². The number of thioether (sulfide) groups is 1. The molecule has 1 aromatic carbocycles. The number of benzene rings is 1. The van der Waals surface area contributed by atoms with Crippen LogP contribution in [0.4, 0.5) is 0 Å². The summed E-state index contributed by atoms with van der Waals surface area (Å²) in [6.07, 6.45) is 2.49. The van der Waals surface area contributed by atoms with Crippen molar-refractivity contribution >= 4 is 11.8 Å². The van der Waals surface area contributed by atoms with Crippen molar-refractivity contribution in [3.63, 3.8) is 0 Å². The van der Waals surface area contributed by atoms with Crippen molar-refractivity contribution in [2.45, 2.75) is 25.8 Å². The van der Waals surface area contributed by atoms with Gasteiger partial charge in [0.15, 0.2) is 11.5 Å². The molecule has 102 valence electrons. The van der Waals surface area contributed by atoms with Crippen molar-refractivity contribution in [3.8, 4) is 11.5 Å². The molecule has 0 aliphatic rings. The average molecular weight is 269 g/mol. The number of rotatable bonds is 8. The van der Waals surface area contributed by atoms with Crippen LogP contribution in [0.3, 0.4) is 0 Å². The maximum atomic E-state index is 6.18. The summed E-state index contributed by atoms with van der Waals surface area (Å²) in [5.41, 5.74) is 7.27. The van der Waals surface area contributed by atoms with Crippen LogP contribution in [0.25, 0.3) is 0 Å². The quantitative estimate of drug-likeness (QED) is 0.736. The van der Waals surface area contributed by atoms with E-state index in [-0.39, 0.29) is 6.04 Å². The van der Waals surface area contributed by atoms with Gasteiger partial charge in [-0.2, -0.15) is 11.8 Å². The van der Waals surface area contributed by atoms with Crippen molar-refractivity contribution in [2.75, 3.05) is 25.7 Å². The number of methoxy groups -OCH3 is 2. The van der Waals surface area contributed by atoms with Crippen LogP contribution in [-0.2, 0) is 0 Å². The highest BCUT2D eigenvalue weighted by molar-refractivity contribution is 7.99. The minimum atomic E-state index is 0.0478. The fourth-order valence-corrected chi connectivity index (χ4v) is 2.74. The van der Waals surface area contributed by atoms with Crippen LogP contribution in [-0.4, -0.2) is 25.7 Å². The number of hydrogen-bond acceptors (Lipinski definition) is 4. The maximum Gasteiger partial charge on any atom is 0.161 e. The Morgan fingerprint density at radius 3 is 2.56 bits per heavy atom. The second-order valence-electron chi connectivity index (χ2n) is 4.15. The van der Waals surface area contributed by atoms with Crippen LogP contribution in [0.1, 0.15) is 31.4 Å². The molecule has 0 heterocycles. The van der Waals surface area contributed by atoms with Crippen LogP contribution in [0, 0.1) is 0 Å². The zero-order valence-corrected chi connectivity index (χ0v) is 12.3. The van der Waals surface area contributed by atoms with Gasteiger partial charge in [-0.05, 0) is 29.9 Å². The molecular formula is C14H23NO2S. The molecule has 1 atom stereocenters. The second kappa shape index (κ2) is 8.27. The Balaban J connectivity index is 2.59. The molecule has 3 nitrogen and oxygen atoms in total. The van der Waals surface area contributed by atoms with Crippen LogP contribution in [0.15, 0.2) is 18.2 Å². The smallest absolute Gasteiger partial charge is 0.161 e. The molecular weight excluding hydrogens is 246 g/mol. The third-order valence-corrected chi connectivity index (χ3v) is 3.95. The molecule has 1 aromatic rings. The van der Waals surface area contributed by atoms with Gasteiger partial charge >= 0.3 is 0 Å². The Morgan fingerprint density at radius 1 is 1.22 bits per heavy atom. The van der Waals surface area contributed by atoms with Gasteiger partial charge in [-0.3, -0.25) is 0 Å². The normalized spacial score (nSPS) is 12.2. The van der Waals surface area contributed by atoms with Crippen LogP contribution in [0.2, 0.25) is 0 Å². The molecule has 2 N–H and O–H groups in total. The summed E-state index contributed by atoms with van der Waals surface area (Å²) in [5, 5.41) is 0. The lowest BCUT2D eigenvalue weighted by molar-refractivity contribution is 0.354. The first kappa shape index (κ1) is 15.2. The molecule has 0 amide bonds. The van der Waals surface area contributed by atoms with E-state index in [1.54, 1.807) is 14.2 Å². The number of unbranched alkanes of at least 4 members (excludes halogenated alkanes) is 1. The van der Waals surface area contributed by atoms with Gasteiger partial charge in [-0.25, -0.2) is 0 Å². The topological polar surface area (TPSA) is 44.5 Å². The number of nitrogens with two attached hydrogens (primary N) is 1. The van der Waals surface area contributed by atoms with E-state index in [0.717, 1.165) is 22.8 Å². The van der Waals surface area contributed by atoms with Gasteiger partial charge < -0.3 is 15.2 Å². The second-order valence-corrected chi connectivity index (χ2v) is 5.30. The van der Waals surface area contributed by atoms with Crippen molar-refractivity contribution in [1.82, 2.24) is 0 Å². The maximum absolute atomic E-state index is 6.18. The molecule has 4 heteroatoms. The molecule has 0 spiro atoms. The van der Waals surface area contributed by atoms with Gasteiger partial charge in [-0.15, -0.1) is 0 Å². The zero-order valence-electron chi connectivity index (χ0n) is 11.4. The molecule has 0 saturated heterocycles. The highest BCUT2D eigenvalue weighted by Crippen LogP contribution is 2.30. The number of hydrogen-bond donors (Lipinski definition) is 1. The summed E-state index contributed by atoms with van der Waals surface area (Å²) < 4.78 is 10.5. The highest BCUT2D eigenvalue weighted by Gasteiger charge is 2.10. The Bertz CT molecular complexity index is 358.